The lowest BCUT2D eigenvalue weighted by Gasteiger charge is -2.13. The van der Waals surface area contributed by atoms with E-state index in [1.165, 1.54) is 6.21 Å². The standard InChI is InChI=1S/C24H22Cl2N2O3/c1-3-30-23-12-17(9-11-22(23)31-15-19-6-4-5-7-20(19)25)14-27-28-24(29)18-10-8-16(2)21(26)13-18/h4-14H,3,15H2,1-2H3,(H,28,29)/b27-14-. The molecule has 0 heterocycles. The van der Waals surface area contributed by atoms with Gasteiger partial charge in [-0.25, -0.2) is 5.43 Å². The number of ether oxygens (including phenoxy) is 2. The van der Waals surface area contributed by atoms with E-state index in [1.54, 1.807) is 30.3 Å². The van der Waals surface area contributed by atoms with Gasteiger partial charge in [-0.2, -0.15) is 5.10 Å². The van der Waals surface area contributed by atoms with Crippen molar-refractivity contribution in [1.29, 1.82) is 0 Å². The number of nitrogens with zero attached hydrogens (tertiary/aromatic N) is 1. The van der Waals surface area contributed by atoms with Crippen molar-refractivity contribution in [3.8, 4) is 11.5 Å². The van der Waals surface area contributed by atoms with Crippen LogP contribution in [-0.2, 0) is 6.61 Å². The van der Waals surface area contributed by atoms with E-state index < -0.39 is 0 Å². The number of hydrogen-bond acceptors (Lipinski definition) is 4. The lowest BCUT2D eigenvalue weighted by atomic mass is 10.1. The molecule has 0 aromatic heterocycles. The predicted molar refractivity (Wildman–Crippen MR) is 125 cm³/mol. The molecule has 0 bridgehead atoms. The number of nitrogens with one attached hydrogen (secondary N) is 1. The van der Waals surface area contributed by atoms with Crippen molar-refractivity contribution in [2.75, 3.05) is 6.61 Å². The molecule has 5 nitrogen and oxygen atoms in total. The number of hydrogen-bond donors (Lipinski definition) is 1. The average molecular weight is 457 g/mol. The zero-order chi connectivity index (χ0) is 22.2. The first-order valence-corrected chi connectivity index (χ1v) is 10.5. The van der Waals surface area contributed by atoms with Gasteiger partial charge in [-0.05, 0) is 61.4 Å². The fraction of sp³-hybridized carbons (Fsp3) is 0.167. The second-order valence-corrected chi connectivity index (χ2v) is 7.50. The minimum atomic E-state index is -0.345. The summed E-state index contributed by atoms with van der Waals surface area (Å²) in [5.74, 6) is 0.829. The van der Waals surface area contributed by atoms with Crippen LogP contribution in [0.15, 0.2) is 65.8 Å². The SMILES string of the molecule is CCOc1cc(/C=N\NC(=O)c2ccc(C)c(Cl)c2)ccc1OCc1ccccc1Cl. The molecule has 0 saturated heterocycles. The van der Waals surface area contributed by atoms with Crippen LogP contribution < -0.4 is 14.9 Å². The number of carbonyl (C=O) groups is 1. The molecule has 160 valence electrons. The molecule has 0 aliphatic rings. The molecule has 0 aliphatic carbocycles. The van der Waals surface area contributed by atoms with Crippen molar-refractivity contribution in [2.24, 2.45) is 5.10 Å². The van der Waals surface area contributed by atoms with Crippen LogP contribution in [0, 0.1) is 6.92 Å². The number of hydrazone groups is 1. The third-order valence-corrected chi connectivity index (χ3v) is 5.20. The van der Waals surface area contributed by atoms with Gasteiger partial charge in [0.1, 0.15) is 6.61 Å². The molecule has 0 unspecified atom stereocenters. The summed E-state index contributed by atoms with van der Waals surface area (Å²) in [7, 11) is 0. The van der Waals surface area contributed by atoms with Crippen LogP contribution in [0.2, 0.25) is 10.0 Å². The number of halogens is 2. The van der Waals surface area contributed by atoms with E-state index in [9.17, 15) is 4.79 Å². The van der Waals surface area contributed by atoms with E-state index in [0.29, 0.717) is 40.3 Å². The zero-order valence-electron chi connectivity index (χ0n) is 17.2. The van der Waals surface area contributed by atoms with Crippen molar-refractivity contribution in [3.05, 3.63) is 93.0 Å². The summed E-state index contributed by atoms with van der Waals surface area (Å²) in [6, 6.07) is 18.0. The van der Waals surface area contributed by atoms with Gasteiger partial charge in [-0.1, -0.05) is 47.5 Å². The fourth-order valence-electron chi connectivity index (χ4n) is 2.73. The summed E-state index contributed by atoms with van der Waals surface area (Å²) in [4.78, 5) is 12.2. The van der Waals surface area contributed by atoms with E-state index in [4.69, 9.17) is 32.7 Å². The largest absolute Gasteiger partial charge is 0.490 e. The minimum Gasteiger partial charge on any atom is -0.490 e. The highest BCUT2D eigenvalue weighted by Gasteiger charge is 2.09. The fourth-order valence-corrected chi connectivity index (χ4v) is 3.10. The van der Waals surface area contributed by atoms with E-state index in [2.05, 4.69) is 10.5 Å². The highest BCUT2D eigenvalue weighted by Crippen LogP contribution is 2.29. The minimum absolute atomic E-state index is 0.322. The Morgan fingerprint density at radius 3 is 2.55 bits per heavy atom. The third kappa shape index (κ3) is 6.23. The quantitative estimate of drug-likeness (QED) is 0.331. The number of rotatable bonds is 8. The molecule has 7 heteroatoms. The first-order chi connectivity index (χ1) is 15.0. The number of benzene rings is 3. The summed E-state index contributed by atoms with van der Waals surface area (Å²) >= 11 is 12.3. The van der Waals surface area contributed by atoms with Crippen molar-refractivity contribution < 1.29 is 14.3 Å². The number of carbonyl (C=O) groups excluding carboxylic acids is 1. The second kappa shape index (κ2) is 10.8. The molecule has 31 heavy (non-hydrogen) atoms. The van der Waals surface area contributed by atoms with Gasteiger partial charge in [0.05, 0.1) is 12.8 Å². The maximum absolute atomic E-state index is 12.2. The molecule has 3 aromatic rings. The second-order valence-electron chi connectivity index (χ2n) is 6.68. The van der Waals surface area contributed by atoms with Gasteiger partial charge in [0, 0.05) is 21.2 Å². The number of aryl methyl sites for hydroxylation is 1. The Labute approximate surface area is 191 Å². The molecule has 1 N–H and O–H groups in total. The van der Waals surface area contributed by atoms with E-state index in [-0.39, 0.29) is 5.91 Å². The monoisotopic (exact) mass is 456 g/mol. The molecule has 0 aliphatic heterocycles. The van der Waals surface area contributed by atoms with Gasteiger partial charge in [-0.15, -0.1) is 0 Å². The van der Waals surface area contributed by atoms with Crippen LogP contribution in [-0.4, -0.2) is 18.7 Å². The van der Waals surface area contributed by atoms with Gasteiger partial charge in [0.15, 0.2) is 11.5 Å². The lowest BCUT2D eigenvalue weighted by Crippen LogP contribution is -2.17. The topological polar surface area (TPSA) is 59.9 Å². The summed E-state index contributed by atoms with van der Waals surface area (Å²) < 4.78 is 11.6. The van der Waals surface area contributed by atoms with Crippen molar-refractivity contribution >= 4 is 35.3 Å². The summed E-state index contributed by atoms with van der Waals surface area (Å²) in [5.41, 5.74) is 5.47. The Kier molecular flexibility index (Phi) is 7.93. The molecule has 0 saturated carbocycles. The molecular weight excluding hydrogens is 435 g/mol. The lowest BCUT2D eigenvalue weighted by molar-refractivity contribution is 0.0955. The van der Waals surface area contributed by atoms with Crippen LogP contribution >= 0.6 is 23.2 Å². The molecule has 3 aromatic carbocycles. The molecule has 1 amide bonds. The van der Waals surface area contributed by atoms with E-state index in [0.717, 1.165) is 16.7 Å². The maximum Gasteiger partial charge on any atom is 0.271 e. The van der Waals surface area contributed by atoms with Crippen molar-refractivity contribution in [3.63, 3.8) is 0 Å². The Hall–Kier alpha value is -3.02. The molecular formula is C24H22Cl2N2O3. The van der Waals surface area contributed by atoms with Gasteiger partial charge < -0.3 is 9.47 Å². The Bertz CT molecular complexity index is 1100. The van der Waals surface area contributed by atoms with E-state index in [1.807, 2.05) is 44.2 Å². The van der Waals surface area contributed by atoms with Crippen molar-refractivity contribution in [1.82, 2.24) is 5.43 Å². The Balaban J connectivity index is 1.67. The van der Waals surface area contributed by atoms with Crippen molar-refractivity contribution in [2.45, 2.75) is 20.5 Å². The summed E-state index contributed by atoms with van der Waals surface area (Å²) in [5, 5.41) is 5.21. The Morgan fingerprint density at radius 1 is 1.00 bits per heavy atom. The van der Waals surface area contributed by atoms with Crippen LogP contribution in [0.25, 0.3) is 0 Å². The zero-order valence-corrected chi connectivity index (χ0v) is 18.7. The first kappa shape index (κ1) is 22.7. The average Bonchev–Trinajstić information content (AvgIpc) is 2.76. The van der Waals surface area contributed by atoms with Crippen LogP contribution in [0.4, 0.5) is 0 Å². The van der Waals surface area contributed by atoms with E-state index >= 15 is 0 Å². The predicted octanol–water partition coefficient (Wildman–Crippen LogP) is 6.04. The van der Waals surface area contributed by atoms with Gasteiger partial charge >= 0.3 is 0 Å². The first-order valence-electron chi connectivity index (χ1n) is 9.70. The van der Waals surface area contributed by atoms with Crippen LogP contribution in [0.3, 0.4) is 0 Å². The Morgan fingerprint density at radius 2 is 1.81 bits per heavy atom. The molecule has 0 fully saturated rings. The molecule has 0 spiro atoms. The van der Waals surface area contributed by atoms with Gasteiger partial charge in [0.2, 0.25) is 0 Å². The highest BCUT2D eigenvalue weighted by atomic mass is 35.5. The highest BCUT2D eigenvalue weighted by molar-refractivity contribution is 6.31. The normalized spacial score (nSPS) is 10.8. The summed E-state index contributed by atoms with van der Waals surface area (Å²) in [6.45, 7) is 4.57. The molecule has 0 atom stereocenters. The van der Waals surface area contributed by atoms with Crippen LogP contribution in [0.1, 0.15) is 34.0 Å². The molecule has 3 rings (SSSR count). The van der Waals surface area contributed by atoms with Gasteiger partial charge in [-0.3, -0.25) is 4.79 Å². The third-order valence-electron chi connectivity index (χ3n) is 4.42. The summed E-state index contributed by atoms with van der Waals surface area (Å²) in [6.07, 6.45) is 1.54. The van der Waals surface area contributed by atoms with Gasteiger partial charge in [0.25, 0.3) is 5.91 Å². The number of amides is 1. The molecule has 0 radical (unpaired) electrons. The smallest absolute Gasteiger partial charge is 0.271 e. The maximum atomic E-state index is 12.2. The van der Waals surface area contributed by atoms with Crippen LogP contribution in [0.5, 0.6) is 11.5 Å².